The molecule has 1 aliphatic rings. The lowest BCUT2D eigenvalue weighted by Gasteiger charge is -2.19. The van der Waals surface area contributed by atoms with Crippen LogP contribution in [0.5, 0.6) is 0 Å². The first kappa shape index (κ1) is 16.2. The molecule has 1 rings (SSSR count). The quantitative estimate of drug-likeness (QED) is 0.630. The molecule has 0 radical (unpaired) electrons. The van der Waals surface area contributed by atoms with Gasteiger partial charge in [0.2, 0.25) is 0 Å². The lowest BCUT2D eigenvalue weighted by molar-refractivity contribution is -0.0168. The Kier molecular flexibility index (Phi) is 9.06. The second-order valence-electron chi connectivity index (χ2n) is 4.80. The molecule has 1 aliphatic heterocycles. The van der Waals surface area contributed by atoms with Crippen molar-refractivity contribution in [1.29, 1.82) is 0 Å². The third kappa shape index (κ3) is 6.95. The first-order valence-corrected chi connectivity index (χ1v) is 8.25. The van der Waals surface area contributed by atoms with Crippen LogP contribution in [0.3, 0.4) is 0 Å². The standard InChI is InChI=1S/C13H27NO3S/c1-3-11(10-18-2)14-7-12(15)8-16-9-13-5-4-6-17-13/h11-15H,3-10H2,1-2H3. The molecule has 0 aromatic heterocycles. The highest BCUT2D eigenvalue weighted by atomic mass is 32.2. The molecule has 1 heterocycles. The Morgan fingerprint density at radius 3 is 3.00 bits per heavy atom. The molecule has 0 spiro atoms. The molecular formula is C13H27NO3S. The van der Waals surface area contributed by atoms with Crippen LogP contribution in [0.25, 0.3) is 0 Å². The van der Waals surface area contributed by atoms with Crippen LogP contribution in [0, 0.1) is 0 Å². The predicted octanol–water partition coefficient (Wildman–Crippen LogP) is 1.27. The van der Waals surface area contributed by atoms with Gasteiger partial charge in [-0.25, -0.2) is 0 Å². The lowest BCUT2D eigenvalue weighted by Crippen LogP contribution is -2.38. The van der Waals surface area contributed by atoms with Gasteiger partial charge in [0.15, 0.2) is 0 Å². The first-order valence-electron chi connectivity index (χ1n) is 6.86. The third-order valence-electron chi connectivity index (χ3n) is 3.14. The summed E-state index contributed by atoms with van der Waals surface area (Å²) < 4.78 is 10.9. The van der Waals surface area contributed by atoms with Crippen LogP contribution < -0.4 is 5.32 Å². The number of nitrogens with one attached hydrogen (secondary N) is 1. The second kappa shape index (κ2) is 10.0. The summed E-state index contributed by atoms with van der Waals surface area (Å²) in [5.74, 6) is 1.08. The summed E-state index contributed by atoms with van der Waals surface area (Å²) in [5.41, 5.74) is 0. The summed E-state index contributed by atoms with van der Waals surface area (Å²) in [7, 11) is 0. The Balaban J connectivity index is 2.00. The molecule has 1 fully saturated rings. The minimum Gasteiger partial charge on any atom is -0.389 e. The molecule has 0 saturated carbocycles. The van der Waals surface area contributed by atoms with Crippen molar-refractivity contribution in [1.82, 2.24) is 5.32 Å². The van der Waals surface area contributed by atoms with Gasteiger partial charge >= 0.3 is 0 Å². The van der Waals surface area contributed by atoms with Gasteiger partial charge in [0, 0.05) is 24.9 Å². The van der Waals surface area contributed by atoms with Crippen molar-refractivity contribution >= 4 is 11.8 Å². The fraction of sp³-hybridized carbons (Fsp3) is 1.00. The van der Waals surface area contributed by atoms with E-state index in [0.29, 0.717) is 25.8 Å². The molecule has 0 bridgehead atoms. The molecule has 3 unspecified atom stereocenters. The maximum atomic E-state index is 9.80. The molecule has 18 heavy (non-hydrogen) atoms. The summed E-state index contributed by atoms with van der Waals surface area (Å²) in [5, 5.41) is 13.2. The number of hydrogen-bond acceptors (Lipinski definition) is 5. The van der Waals surface area contributed by atoms with Crippen molar-refractivity contribution < 1.29 is 14.6 Å². The summed E-state index contributed by atoms with van der Waals surface area (Å²) in [4.78, 5) is 0. The molecule has 108 valence electrons. The van der Waals surface area contributed by atoms with Gasteiger partial charge in [-0.3, -0.25) is 0 Å². The molecule has 1 saturated heterocycles. The van der Waals surface area contributed by atoms with E-state index in [1.807, 2.05) is 11.8 Å². The van der Waals surface area contributed by atoms with Gasteiger partial charge < -0.3 is 19.9 Å². The predicted molar refractivity (Wildman–Crippen MR) is 76.3 cm³/mol. The lowest BCUT2D eigenvalue weighted by atomic mass is 10.2. The van der Waals surface area contributed by atoms with E-state index in [-0.39, 0.29) is 6.10 Å². The van der Waals surface area contributed by atoms with Crippen molar-refractivity contribution in [3.05, 3.63) is 0 Å². The number of hydrogen-bond donors (Lipinski definition) is 2. The van der Waals surface area contributed by atoms with Crippen LogP contribution in [-0.4, -0.2) is 61.7 Å². The SMILES string of the molecule is CCC(CSC)NCC(O)COCC1CCCO1. The van der Waals surface area contributed by atoms with Crippen molar-refractivity contribution in [3.8, 4) is 0 Å². The van der Waals surface area contributed by atoms with Crippen molar-refractivity contribution in [2.75, 3.05) is 38.4 Å². The highest BCUT2D eigenvalue weighted by molar-refractivity contribution is 7.98. The van der Waals surface area contributed by atoms with Crippen LogP contribution in [0.4, 0.5) is 0 Å². The maximum Gasteiger partial charge on any atom is 0.0897 e. The maximum absolute atomic E-state index is 9.80. The van der Waals surface area contributed by atoms with Crippen LogP contribution in [-0.2, 0) is 9.47 Å². The molecule has 0 amide bonds. The first-order chi connectivity index (χ1) is 8.76. The largest absolute Gasteiger partial charge is 0.389 e. The Bertz CT molecular complexity index is 201. The molecule has 0 aromatic rings. The minimum absolute atomic E-state index is 0.241. The van der Waals surface area contributed by atoms with Gasteiger partial charge in [-0.15, -0.1) is 0 Å². The summed E-state index contributed by atoms with van der Waals surface area (Å²) in [6.07, 6.45) is 5.22. The highest BCUT2D eigenvalue weighted by Crippen LogP contribution is 2.11. The second-order valence-corrected chi connectivity index (χ2v) is 5.71. The van der Waals surface area contributed by atoms with E-state index < -0.39 is 6.10 Å². The van der Waals surface area contributed by atoms with Crippen molar-refractivity contribution in [2.24, 2.45) is 0 Å². The van der Waals surface area contributed by atoms with Crippen LogP contribution >= 0.6 is 11.8 Å². The number of ether oxygens (including phenoxy) is 2. The zero-order valence-electron chi connectivity index (χ0n) is 11.6. The number of thioether (sulfide) groups is 1. The molecule has 0 aromatic carbocycles. The fourth-order valence-electron chi connectivity index (χ4n) is 2.00. The van der Waals surface area contributed by atoms with Crippen LogP contribution in [0.1, 0.15) is 26.2 Å². The topological polar surface area (TPSA) is 50.7 Å². The van der Waals surface area contributed by atoms with Gasteiger partial charge in [0.1, 0.15) is 0 Å². The van der Waals surface area contributed by atoms with Crippen molar-refractivity contribution in [3.63, 3.8) is 0 Å². The Labute approximate surface area is 115 Å². The summed E-state index contributed by atoms with van der Waals surface area (Å²) in [6, 6.07) is 0.479. The van der Waals surface area contributed by atoms with E-state index in [2.05, 4.69) is 18.5 Å². The average molecular weight is 277 g/mol. The number of aliphatic hydroxyl groups excluding tert-OH is 1. The molecular weight excluding hydrogens is 250 g/mol. The smallest absolute Gasteiger partial charge is 0.0897 e. The van der Waals surface area contributed by atoms with E-state index in [1.54, 1.807) is 0 Å². The van der Waals surface area contributed by atoms with Gasteiger partial charge in [0.05, 0.1) is 25.4 Å². The number of aliphatic hydroxyl groups is 1. The van der Waals surface area contributed by atoms with E-state index in [0.717, 1.165) is 31.6 Å². The third-order valence-corrected chi connectivity index (χ3v) is 3.88. The molecule has 3 atom stereocenters. The molecule has 5 heteroatoms. The van der Waals surface area contributed by atoms with Crippen LogP contribution in [0.15, 0.2) is 0 Å². The fourth-order valence-corrected chi connectivity index (χ4v) is 2.75. The number of rotatable bonds is 10. The Hall–Kier alpha value is 0.190. The average Bonchev–Trinajstić information content (AvgIpc) is 2.87. The Morgan fingerprint density at radius 2 is 2.39 bits per heavy atom. The normalized spacial score (nSPS) is 23.2. The van der Waals surface area contributed by atoms with E-state index in [9.17, 15) is 5.11 Å². The zero-order valence-corrected chi connectivity index (χ0v) is 12.4. The van der Waals surface area contributed by atoms with E-state index >= 15 is 0 Å². The van der Waals surface area contributed by atoms with Gasteiger partial charge in [-0.2, -0.15) is 11.8 Å². The van der Waals surface area contributed by atoms with Crippen molar-refractivity contribution in [2.45, 2.75) is 44.4 Å². The van der Waals surface area contributed by atoms with Gasteiger partial charge in [-0.1, -0.05) is 6.92 Å². The van der Waals surface area contributed by atoms with Crippen LogP contribution in [0.2, 0.25) is 0 Å². The zero-order chi connectivity index (χ0) is 13.2. The Morgan fingerprint density at radius 1 is 1.56 bits per heavy atom. The van der Waals surface area contributed by atoms with E-state index in [4.69, 9.17) is 9.47 Å². The molecule has 4 nitrogen and oxygen atoms in total. The summed E-state index contributed by atoms with van der Waals surface area (Å²) in [6.45, 7) is 4.62. The molecule has 2 N–H and O–H groups in total. The van der Waals surface area contributed by atoms with Gasteiger partial charge in [-0.05, 0) is 25.5 Å². The highest BCUT2D eigenvalue weighted by Gasteiger charge is 2.16. The minimum atomic E-state index is -0.428. The van der Waals surface area contributed by atoms with Gasteiger partial charge in [0.25, 0.3) is 0 Å². The summed E-state index contributed by atoms with van der Waals surface area (Å²) >= 11 is 1.83. The van der Waals surface area contributed by atoms with E-state index in [1.165, 1.54) is 0 Å². The monoisotopic (exact) mass is 277 g/mol. The molecule has 0 aliphatic carbocycles.